The molecule has 1 rings (SSSR count). The van der Waals surface area contributed by atoms with Crippen molar-refractivity contribution < 1.29 is 5.11 Å². The molecule has 0 aliphatic heterocycles. The van der Waals surface area contributed by atoms with Crippen LogP contribution in [0.15, 0.2) is 18.5 Å². The Morgan fingerprint density at radius 1 is 1.40 bits per heavy atom. The maximum atomic E-state index is 9.17. The maximum absolute atomic E-state index is 9.17. The highest BCUT2D eigenvalue weighted by Gasteiger charge is 2.00. The van der Waals surface area contributed by atoms with Gasteiger partial charge in [0.2, 0.25) is 0 Å². The van der Waals surface area contributed by atoms with Crippen LogP contribution in [0.3, 0.4) is 0 Å². The van der Waals surface area contributed by atoms with Crippen molar-refractivity contribution in [3.63, 3.8) is 0 Å². The molecule has 1 atom stereocenters. The lowest BCUT2D eigenvalue weighted by molar-refractivity contribution is 0.178. The van der Waals surface area contributed by atoms with Gasteiger partial charge in [0.1, 0.15) is 0 Å². The third-order valence-corrected chi connectivity index (χ3v) is 2.33. The van der Waals surface area contributed by atoms with Gasteiger partial charge in [0.05, 0.1) is 6.10 Å². The number of aryl methyl sites for hydroxylation is 1. The quantitative estimate of drug-likeness (QED) is 0.750. The summed E-state index contributed by atoms with van der Waals surface area (Å²) in [4.78, 5) is 0. The van der Waals surface area contributed by atoms with Crippen molar-refractivity contribution in [1.29, 1.82) is 0 Å². The Labute approximate surface area is 92.1 Å². The number of rotatable bonds is 6. The van der Waals surface area contributed by atoms with E-state index in [-0.39, 0.29) is 6.10 Å². The minimum atomic E-state index is -0.218. The SMILES string of the molecule is CC(O)CCn1ccc(CNC(C)C)c1. The topological polar surface area (TPSA) is 37.2 Å². The summed E-state index contributed by atoms with van der Waals surface area (Å²) in [5.41, 5.74) is 1.30. The number of aliphatic hydroxyl groups is 1. The second kappa shape index (κ2) is 5.93. The minimum Gasteiger partial charge on any atom is -0.393 e. The van der Waals surface area contributed by atoms with E-state index in [2.05, 4.69) is 42.2 Å². The highest BCUT2D eigenvalue weighted by Crippen LogP contribution is 2.03. The average molecular weight is 210 g/mol. The van der Waals surface area contributed by atoms with E-state index >= 15 is 0 Å². The Hall–Kier alpha value is -0.800. The largest absolute Gasteiger partial charge is 0.393 e. The van der Waals surface area contributed by atoms with Crippen molar-refractivity contribution >= 4 is 0 Å². The van der Waals surface area contributed by atoms with Crippen molar-refractivity contribution in [2.24, 2.45) is 0 Å². The van der Waals surface area contributed by atoms with Crippen LogP contribution in [0.5, 0.6) is 0 Å². The minimum absolute atomic E-state index is 0.218. The van der Waals surface area contributed by atoms with Crippen LogP contribution in [0.1, 0.15) is 32.8 Å². The van der Waals surface area contributed by atoms with Crippen LogP contribution in [-0.2, 0) is 13.1 Å². The summed E-state index contributed by atoms with van der Waals surface area (Å²) in [6.45, 7) is 7.91. The molecule has 2 N–H and O–H groups in total. The summed E-state index contributed by atoms with van der Waals surface area (Å²) in [6.07, 6.45) is 4.80. The molecule has 3 heteroatoms. The molecule has 1 aromatic rings. The van der Waals surface area contributed by atoms with E-state index < -0.39 is 0 Å². The van der Waals surface area contributed by atoms with E-state index in [0.29, 0.717) is 6.04 Å². The highest BCUT2D eigenvalue weighted by molar-refractivity contribution is 5.09. The molecule has 0 aliphatic rings. The van der Waals surface area contributed by atoms with Gasteiger partial charge in [0, 0.05) is 31.5 Å². The van der Waals surface area contributed by atoms with E-state index in [4.69, 9.17) is 0 Å². The van der Waals surface area contributed by atoms with E-state index in [1.165, 1.54) is 5.56 Å². The monoisotopic (exact) mass is 210 g/mol. The maximum Gasteiger partial charge on any atom is 0.0529 e. The van der Waals surface area contributed by atoms with Crippen LogP contribution in [0.4, 0.5) is 0 Å². The van der Waals surface area contributed by atoms with Crippen LogP contribution in [0.25, 0.3) is 0 Å². The number of hydrogen-bond acceptors (Lipinski definition) is 2. The van der Waals surface area contributed by atoms with Gasteiger partial charge in [-0.15, -0.1) is 0 Å². The van der Waals surface area contributed by atoms with Crippen molar-refractivity contribution in [3.8, 4) is 0 Å². The third kappa shape index (κ3) is 5.00. The number of nitrogens with one attached hydrogen (secondary N) is 1. The fourth-order valence-electron chi connectivity index (χ4n) is 1.39. The van der Waals surface area contributed by atoms with Gasteiger partial charge in [-0.3, -0.25) is 0 Å². The number of hydrogen-bond donors (Lipinski definition) is 2. The van der Waals surface area contributed by atoms with Crippen LogP contribution in [0.2, 0.25) is 0 Å². The molecule has 3 nitrogen and oxygen atoms in total. The predicted octanol–water partition coefficient (Wildman–Crippen LogP) is 1.76. The lowest BCUT2D eigenvalue weighted by Crippen LogP contribution is -2.21. The molecule has 0 saturated carbocycles. The standard InChI is InChI=1S/C12H22N2O/c1-10(2)13-8-12-5-7-14(9-12)6-4-11(3)15/h5,7,9-11,13,15H,4,6,8H2,1-3H3. The van der Waals surface area contributed by atoms with Crippen LogP contribution in [0, 0.1) is 0 Å². The highest BCUT2D eigenvalue weighted by atomic mass is 16.3. The van der Waals surface area contributed by atoms with Crippen molar-refractivity contribution in [2.75, 3.05) is 0 Å². The first-order valence-corrected chi connectivity index (χ1v) is 5.64. The summed E-state index contributed by atoms with van der Waals surface area (Å²) < 4.78 is 2.13. The lowest BCUT2D eigenvalue weighted by atomic mass is 10.3. The summed E-state index contributed by atoms with van der Waals surface area (Å²) in [5.74, 6) is 0. The van der Waals surface area contributed by atoms with Gasteiger partial charge >= 0.3 is 0 Å². The lowest BCUT2D eigenvalue weighted by Gasteiger charge is -2.06. The average Bonchev–Trinajstić information content (AvgIpc) is 2.59. The Morgan fingerprint density at radius 2 is 2.13 bits per heavy atom. The molecular weight excluding hydrogens is 188 g/mol. The number of nitrogens with zero attached hydrogens (tertiary/aromatic N) is 1. The van der Waals surface area contributed by atoms with E-state index in [0.717, 1.165) is 19.5 Å². The fourth-order valence-corrected chi connectivity index (χ4v) is 1.39. The third-order valence-electron chi connectivity index (χ3n) is 2.33. The first-order chi connectivity index (χ1) is 7.08. The van der Waals surface area contributed by atoms with Crippen LogP contribution < -0.4 is 5.32 Å². The second-order valence-corrected chi connectivity index (χ2v) is 4.43. The molecule has 0 amide bonds. The van der Waals surface area contributed by atoms with E-state index in [1.807, 2.05) is 6.92 Å². The molecule has 15 heavy (non-hydrogen) atoms. The molecule has 0 radical (unpaired) electrons. The Bertz CT molecular complexity index is 252. The van der Waals surface area contributed by atoms with Gasteiger partial charge in [-0.2, -0.15) is 0 Å². The molecular formula is C12H22N2O. The summed E-state index contributed by atoms with van der Waals surface area (Å²) in [6, 6.07) is 2.64. The van der Waals surface area contributed by atoms with Gasteiger partial charge in [-0.25, -0.2) is 0 Å². The summed E-state index contributed by atoms with van der Waals surface area (Å²) in [5, 5.41) is 12.5. The molecule has 0 saturated heterocycles. The molecule has 1 heterocycles. The number of aromatic nitrogens is 1. The van der Waals surface area contributed by atoms with Crippen LogP contribution >= 0.6 is 0 Å². The van der Waals surface area contributed by atoms with Crippen LogP contribution in [-0.4, -0.2) is 21.8 Å². The molecule has 0 aliphatic carbocycles. The van der Waals surface area contributed by atoms with Gasteiger partial charge in [-0.05, 0) is 25.0 Å². The first-order valence-electron chi connectivity index (χ1n) is 5.64. The molecule has 0 fully saturated rings. The molecule has 1 aromatic heterocycles. The molecule has 0 aromatic carbocycles. The van der Waals surface area contributed by atoms with Gasteiger partial charge in [0.15, 0.2) is 0 Å². The van der Waals surface area contributed by atoms with Gasteiger partial charge in [0.25, 0.3) is 0 Å². The molecule has 0 bridgehead atoms. The summed E-state index contributed by atoms with van der Waals surface area (Å²) >= 11 is 0. The Kier molecular flexibility index (Phi) is 4.85. The fraction of sp³-hybridized carbons (Fsp3) is 0.667. The van der Waals surface area contributed by atoms with Gasteiger partial charge < -0.3 is 15.0 Å². The molecule has 0 spiro atoms. The smallest absolute Gasteiger partial charge is 0.0529 e. The molecule has 1 unspecified atom stereocenters. The Morgan fingerprint density at radius 3 is 2.73 bits per heavy atom. The zero-order valence-corrected chi connectivity index (χ0v) is 9.90. The molecule has 86 valence electrons. The van der Waals surface area contributed by atoms with E-state index in [1.54, 1.807) is 0 Å². The zero-order valence-electron chi connectivity index (χ0n) is 9.90. The predicted molar refractivity (Wildman–Crippen MR) is 62.7 cm³/mol. The summed E-state index contributed by atoms with van der Waals surface area (Å²) in [7, 11) is 0. The van der Waals surface area contributed by atoms with Crippen molar-refractivity contribution in [1.82, 2.24) is 9.88 Å². The van der Waals surface area contributed by atoms with Crippen molar-refractivity contribution in [2.45, 2.75) is 52.4 Å². The zero-order chi connectivity index (χ0) is 11.3. The second-order valence-electron chi connectivity index (χ2n) is 4.43. The Balaban J connectivity index is 2.35. The number of aliphatic hydroxyl groups excluding tert-OH is 1. The van der Waals surface area contributed by atoms with Crippen molar-refractivity contribution in [3.05, 3.63) is 24.0 Å². The van der Waals surface area contributed by atoms with Gasteiger partial charge in [-0.1, -0.05) is 13.8 Å². The normalized spacial score (nSPS) is 13.4. The first kappa shape index (κ1) is 12.3. The van der Waals surface area contributed by atoms with E-state index in [9.17, 15) is 5.11 Å².